The highest BCUT2D eigenvalue weighted by atomic mass is 19.1. The third-order valence-electron chi connectivity index (χ3n) is 3.85. The Hall–Kier alpha value is -2.95. The standard InChI is InChI=1S/C19H17FN2O2/c1-13(23)22-16(9-7-14-5-3-2-4-6-14)12-18(21-22)17-11-15(20)8-10-19(17)24/h2-11,16,24H,12H2,1H3/b9-7+. The van der Waals surface area contributed by atoms with E-state index < -0.39 is 5.82 Å². The van der Waals surface area contributed by atoms with Gasteiger partial charge in [-0.05, 0) is 23.8 Å². The van der Waals surface area contributed by atoms with Crippen molar-refractivity contribution in [2.45, 2.75) is 19.4 Å². The molecule has 0 aliphatic carbocycles. The smallest absolute Gasteiger partial charge is 0.240 e. The summed E-state index contributed by atoms with van der Waals surface area (Å²) in [6.45, 7) is 1.43. The number of carbonyl (C=O) groups excluding carboxylic acids is 1. The maximum absolute atomic E-state index is 13.5. The molecule has 0 aromatic heterocycles. The van der Waals surface area contributed by atoms with Gasteiger partial charge in [0.2, 0.25) is 5.91 Å². The number of hydrazone groups is 1. The van der Waals surface area contributed by atoms with E-state index in [-0.39, 0.29) is 17.7 Å². The predicted molar refractivity (Wildman–Crippen MR) is 91.0 cm³/mol. The fourth-order valence-electron chi connectivity index (χ4n) is 2.67. The SMILES string of the molecule is CC(=O)N1N=C(c2cc(F)ccc2O)CC1/C=C/c1ccccc1. The van der Waals surface area contributed by atoms with E-state index in [0.717, 1.165) is 5.56 Å². The Morgan fingerprint density at radius 2 is 2.04 bits per heavy atom. The van der Waals surface area contributed by atoms with Gasteiger partial charge in [0.05, 0.1) is 11.8 Å². The van der Waals surface area contributed by atoms with Crippen molar-refractivity contribution in [3.8, 4) is 5.75 Å². The third kappa shape index (κ3) is 3.35. The first kappa shape index (κ1) is 15.9. The summed E-state index contributed by atoms with van der Waals surface area (Å²) >= 11 is 0. The van der Waals surface area contributed by atoms with Gasteiger partial charge in [-0.1, -0.05) is 42.5 Å². The summed E-state index contributed by atoms with van der Waals surface area (Å²) in [5.41, 5.74) is 1.82. The molecule has 3 rings (SSSR count). The molecule has 1 atom stereocenters. The van der Waals surface area contributed by atoms with E-state index >= 15 is 0 Å². The molecular weight excluding hydrogens is 307 g/mol. The van der Waals surface area contributed by atoms with Gasteiger partial charge in [-0.25, -0.2) is 9.40 Å². The largest absolute Gasteiger partial charge is 0.507 e. The molecule has 0 spiro atoms. The first-order chi connectivity index (χ1) is 11.5. The number of nitrogens with zero attached hydrogens (tertiary/aromatic N) is 2. The van der Waals surface area contributed by atoms with Gasteiger partial charge < -0.3 is 5.11 Å². The molecule has 5 heteroatoms. The highest BCUT2D eigenvalue weighted by Crippen LogP contribution is 2.27. The molecule has 1 aliphatic heterocycles. The highest BCUT2D eigenvalue weighted by Gasteiger charge is 2.29. The van der Waals surface area contributed by atoms with E-state index in [0.29, 0.717) is 17.7 Å². The molecule has 1 amide bonds. The lowest BCUT2D eigenvalue weighted by Gasteiger charge is -2.16. The number of halogens is 1. The Kier molecular flexibility index (Phi) is 4.42. The molecule has 1 unspecified atom stereocenters. The molecule has 0 bridgehead atoms. The summed E-state index contributed by atoms with van der Waals surface area (Å²) in [6, 6.07) is 13.2. The second-order valence-corrected chi connectivity index (χ2v) is 5.61. The first-order valence-corrected chi connectivity index (χ1v) is 7.64. The van der Waals surface area contributed by atoms with Crippen LogP contribution in [0.1, 0.15) is 24.5 Å². The molecule has 1 aliphatic rings. The fourth-order valence-corrected chi connectivity index (χ4v) is 2.67. The monoisotopic (exact) mass is 324 g/mol. The first-order valence-electron chi connectivity index (χ1n) is 7.64. The van der Waals surface area contributed by atoms with E-state index in [1.807, 2.05) is 42.5 Å². The second kappa shape index (κ2) is 6.66. The van der Waals surface area contributed by atoms with Crippen LogP contribution in [0.2, 0.25) is 0 Å². The number of amides is 1. The number of hydrogen-bond acceptors (Lipinski definition) is 3. The van der Waals surface area contributed by atoms with Gasteiger partial charge in [0.1, 0.15) is 11.6 Å². The Bertz CT molecular complexity index is 815. The summed E-state index contributed by atoms with van der Waals surface area (Å²) in [5.74, 6) is -0.710. The molecule has 2 aromatic rings. The average molecular weight is 324 g/mol. The van der Waals surface area contributed by atoms with E-state index in [2.05, 4.69) is 5.10 Å². The van der Waals surface area contributed by atoms with Crippen molar-refractivity contribution in [2.24, 2.45) is 5.10 Å². The molecule has 1 N–H and O–H groups in total. The molecular formula is C19H17FN2O2. The summed E-state index contributed by atoms with van der Waals surface area (Å²) in [6.07, 6.45) is 4.23. The highest BCUT2D eigenvalue weighted by molar-refractivity contribution is 6.05. The average Bonchev–Trinajstić information content (AvgIpc) is 3.00. The Morgan fingerprint density at radius 1 is 1.29 bits per heavy atom. The van der Waals surface area contributed by atoms with Crippen LogP contribution in [0.5, 0.6) is 5.75 Å². The second-order valence-electron chi connectivity index (χ2n) is 5.61. The molecule has 0 saturated carbocycles. The topological polar surface area (TPSA) is 52.9 Å². The molecule has 0 radical (unpaired) electrons. The van der Waals surface area contributed by atoms with Crippen molar-refractivity contribution in [1.29, 1.82) is 0 Å². The lowest BCUT2D eigenvalue weighted by molar-refractivity contribution is -0.129. The van der Waals surface area contributed by atoms with Gasteiger partial charge in [-0.2, -0.15) is 5.10 Å². The molecule has 2 aromatic carbocycles. The number of carbonyl (C=O) groups is 1. The van der Waals surface area contributed by atoms with Gasteiger partial charge in [0.15, 0.2) is 0 Å². The Morgan fingerprint density at radius 3 is 2.75 bits per heavy atom. The molecule has 122 valence electrons. The lowest BCUT2D eigenvalue weighted by Crippen LogP contribution is -2.29. The van der Waals surface area contributed by atoms with Crippen LogP contribution in [0.25, 0.3) is 6.08 Å². The van der Waals surface area contributed by atoms with Gasteiger partial charge in [-0.15, -0.1) is 0 Å². The molecule has 1 heterocycles. The third-order valence-corrected chi connectivity index (χ3v) is 3.85. The van der Waals surface area contributed by atoms with Gasteiger partial charge >= 0.3 is 0 Å². The zero-order valence-corrected chi connectivity index (χ0v) is 13.2. The quantitative estimate of drug-likeness (QED) is 0.938. The maximum Gasteiger partial charge on any atom is 0.240 e. The summed E-state index contributed by atoms with van der Waals surface area (Å²) in [7, 11) is 0. The van der Waals surface area contributed by atoms with Crippen LogP contribution in [0.3, 0.4) is 0 Å². The molecule has 4 nitrogen and oxygen atoms in total. The number of phenolic OH excluding ortho intramolecular Hbond substituents is 1. The Balaban J connectivity index is 1.87. The van der Waals surface area contributed by atoms with Crippen molar-refractivity contribution in [1.82, 2.24) is 5.01 Å². The molecule has 24 heavy (non-hydrogen) atoms. The van der Waals surface area contributed by atoms with E-state index in [4.69, 9.17) is 0 Å². The molecule has 0 saturated heterocycles. The van der Waals surface area contributed by atoms with Crippen molar-refractivity contribution < 1.29 is 14.3 Å². The normalized spacial score (nSPS) is 17.3. The summed E-state index contributed by atoms with van der Waals surface area (Å²) < 4.78 is 13.5. The van der Waals surface area contributed by atoms with Gasteiger partial charge in [-0.3, -0.25) is 4.79 Å². The zero-order chi connectivity index (χ0) is 17.1. The van der Waals surface area contributed by atoms with Gasteiger partial charge in [0.25, 0.3) is 0 Å². The van der Waals surface area contributed by atoms with Crippen LogP contribution in [-0.2, 0) is 4.79 Å². The Labute approximate surface area is 139 Å². The van der Waals surface area contributed by atoms with E-state index in [1.54, 1.807) is 0 Å². The number of aromatic hydroxyl groups is 1. The van der Waals surface area contributed by atoms with Crippen molar-refractivity contribution in [2.75, 3.05) is 0 Å². The van der Waals surface area contributed by atoms with Crippen molar-refractivity contribution in [3.63, 3.8) is 0 Å². The number of benzene rings is 2. The van der Waals surface area contributed by atoms with Crippen LogP contribution in [0.4, 0.5) is 4.39 Å². The number of hydrogen-bond donors (Lipinski definition) is 1. The molecule has 0 fully saturated rings. The lowest BCUT2D eigenvalue weighted by atomic mass is 10.0. The summed E-state index contributed by atoms with van der Waals surface area (Å²) in [5, 5.41) is 15.6. The summed E-state index contributed by atoms with van der Waals surface area (Å²) in [4.78, 5) is 11.8. The number of rotatable bonds is 3. The number of phenols is 1. The predicted octanol–water partition coefficient (Wildman–Crippen LogP) is 3.57. The minimum atomic E-state index is -0.455. The van der Waals surface area contributed by atoms with Gasteiger partial charge in [0, 0.05) is 18.9 Å². The fraction of sp³-hybridized carbons (Fsp3) is 0.158. The van der Waals surface area contributed by atoms with Crippen LogP contribution >= 0.6 is 0 Å². The van der Waals surface area contributed by atoms with E-state index in [1.165, 1.54) is 30.1 Å². The minimum Gasteiger partial charge on any atom is -0.507 e. The van der Waals surface area contributed by atoms with E-state index in [9.17, 15) is 14.3 Å². The van der Waals surface area contributed by atoms with Crippen molar-refractivity contribution >= 4 is 17.7 Å². The maximum atomic E-state index is 13.5. The van der Waals surface area contributed by atoms with Crippen LogP contribution in [0, 0.1) is 5.82 Å². The van der Waals surface area contributed by atoms with Crippen LogP contribution in [-0.4, -0.2) is 27.8 Å². The minimum absolute atomic E-state index is 0.0497. The van der Waals surface area contributed by atoms with Crippen LogP contribution in [0.15, 0.2) is 59.7 Å². The van der Waals surface area contributed by atoms with Crippen LogP contribution < -0.4 is 0 Å². The van der Waals surface area contributed by atoms with Crippen molar-refractivity contribution in [3.05, 3.63) is 71.6 Å². The zero-order valence-electron chi connectivity index (χ0n) is 13.2.